The predicted octanol–water partition coefficient (Wildman–Crippen LogP) is 2.80. The lowest BCUT2D eigenvalue weighted by atomic mass is 9.78. The van der Waals surface area contributed by atoms with E-state index in [1.54, 1.807) is 12.3 Å². The summed E-state index contributed by atoms with van der Waals surface area (Å²) in [5.74, 6) is -0.280. The van der Waals surface area contributed by atoms with Crippen LogP contribution in [0.3, 0.4) is 0 Å². The molecule has 0 saturated heterocycles. The van der Waals surface area contributed by atoms with Gasteiger partial charge in [0.15, 0.2) is 0 Å². The van der Waals surface area contributed by atoms with Crippen molar-refractivity contribution in [1.82, 2.24) is 4.98 Å². The van der Waals surface area contributed by atoms with Crippen LogP contribution in [-0.4, -0.2) is 4.98 Å². The van der Waals surface area contributed by atoms with Crippen LogP contribution in [0.5, 0.6) is 0 Å². The summed E-state index contributed by atoms with van der Waals surface area (Å²) in [5.41, 5.74) is 6.83. The quantitative estimate of drug-likeness (QED) is 0.811. The van der Waals surface area contributed by atoms with Crippen LogP contribution in [0.25, 0.3) is 0 Å². The van der Waals surface area contributed by atoms with Gasteiger partial charge in [0, 0.05) is 17.8 Å². The molecule has 82 valence electrons. The number of nitrogens with two attached hydrogens (primary N) is 1. The summed E-state index contributed by atoms with van der Waals surface area (Å²) >= 11 is 0. The van der Waals surface area contributed by atoms with Gasteiger partial charge in [-0.05, 0) is 24.3 Å². The Labute approximate surface area is 89.7 Å². The van der Waals surface area contributed by atoms with Crippen LogP contribution in [0.15, 0.2) is 18.5 Å². The number of pyridine rings is 1. The van der Waals surface area contributed by atoms with Crippen LogP contribution in [0.4, 0.5) is 4.39 Å². The maximum absolute atomic E-state index is 13.5. The molecule has 15 heavy (non-hydrogen) atoms. The number of hydrogen-bond acceptors (Lipinski definition) is 2. The van der Waals surface area contributed by atoms with Gasteiger partial charge in [-0.2, -0.15) is 0 Å². The molecule has 0 aromatic carbocycles. The summed E-state index contributed by atoms with van der Waals surface area (Å²) in [6, 6.07) is 1.49. The van der Waals surface area contributed by atoms with E-state index in [-0.39, 0.29) is 17.3 Å². The second kappa shape index (κ2) is 3.89. The summed E-state index contributed by atoms with van der Waals surface area (Å²) in [6.07, 6.45) is 7.45. The Balaban J connectivity index is 2.27. The lowest BCUT2D eigenvalue weighted by molar-refractivity contribution is 0.260. The van der Waals surface area contributed by atoms with Crippen molar-refractivity contribution >= 4 is 0 Å². The van der Waals surface area contributed by atoms with Gasteiger partial charge in [-0.25, -0.2) is 4.39 Å². The van der Waals surface area contributed by atoms with Gasteiger partial charge in [0.1, 0.15) is 5.82 Å². The summed E-state index contributed by atoms with van der Waals surface area (Å²) < 4.78 is 13.5. The Morgan fingerprint density at radius 2 is 2.13 bits per heavy atom. The van der Waals surface area contributed by atoms with Crippen molar-refractivity contribution in [2.24, 2.45) is 11.1 Å². The fraction of sp³-hybridized carbons (Fsp3) is 0.583. The predicted molar refractivity (Wildman–Crippen MR) is 57.7 cm³/mol. The fourth-order valence-corrected chi connectivity index (χ4v) is 2.51. The van der Waals surface area contributed by atoms with Crippen LogP contribution in [-0.2, 0) is 0 Å². The Kier molecular flexibility index (Phi) is 2.74. The second-order valence-corrected chi connectivity index (χ2v) is 4.74. The average Bonchev–Trinajstić information content (AvgIpc) is 2.66. The van der Waals surface area contributed by atoms with E-state index in [9.17, 15) is 4.39 Å². The third-order valence-corrected chi connectivity index (χ3v) is 3.64. The molecule has 0 spiro atoms. The molecule has 1 unspecified atom stereocenters. The summed E-state index contributed by atoms with van der Waals surface area (Å²) in [7, 11) is 0. The van der Waals surface area contributed by atoms with Gasteiger partial charge in [-0.3, -0.25) is 4.98 Å². The molecular formula is C12H17FN2. The zero-order valence-electron chi connectivity index (χ0n) is 9.04. The second-order valence-electron chi connectivity index (χ2n) is 4.74. The first-order chi connectivity index (χ1) is 7.13. The van der Waals surface area contributed by atoms with Crippen LogP contribution in [0.2, 0.25) is 0 Å². The SMILES string of the molecule is CC1(C(N)c2ccncc2F)CCCC1. The van der Waals surface area contributed by atoms with Crippen molar-refractivity contribution in [1.29, 1.82) is 0 Å². The topological polar surface area (TPSA) is 38.9 Å². The third-order valence-electron chi connectivity index (χ3n) is 3.64. The highest BCUT2D eigenvalue weighted by molar-refractivity contribution is 5.20. The van der Waals surface area contributed by atoms with Crippen LogP contribution >= 0.6 is 0 Å². The highest BCUT2D eigenvalue weighted by atomic mass is 19.1. The van der Waals surface area contributed by atoms with E-state index >= 15 is 0 Å². The molecule has 1 saturated carbocycles. The maximum atomic E-state index is 13.5. The minimum atomic E-state index is -0.280. The Bertz CT molecular complexity index is 345. The molecule has 0 aliphatic heterocycles. The molecule has 1 aliphatic rings. The first-order valence-corrected chi connectivity index (χ1v) is 5.48. The summed E-state index contributed by atoms with van der Waals surface area (Å²) in [5, 5.41) is 0. The lowest BCUT2D eigenvalue weighted by Crippen LogP contribution is -2.30. The zero-order valence-corrected chi connectivity index (χ0v) is 9.04. The van der Waals surface area contributed by atoms with Crippen molar-refractivity contribution in [3.05, 3.63) is 29.8 Å². The Morgan fingerprint density at radius 3 is 2.73 bits per heavy atom. The highest BCUT2D eigenvalue weighted by Crippen LogP contribution is 2.46. The normalized spacial score (nSPS) is 21.5. The molecule has 0 bridgehead atoms. The Morgan fingerprint density at radius 1 is 1.47 bits per heavy atom. The van der Waals surface area contributed by atoms with Crippen molar-refractivity contribution in [2.75, 3.05) is 0 Å². The molecule has 2 N–H and O–H groups in total. The van der Waals surface area contributed by atoms with Crippen molar-refractivity contribution in [2.45, 2.75) is 38.6 Å². The fourth-order valence-electron chi connectivity index (χ4n) is 2.51. The van der Waals surface area contributed by atoms with Crippen LogP contribution in [0, 0.1) is 11.2 Å². The van der Waals surface area contributed by atoms with Gasteiger partial charge >= 0.3 is 0 Å². The summed E-state index contributed by atoms with van der Waals surface area (Å²) in [4.78, 5) is 3.75. The van der Waals surface area contributed by atoms with E-state index < -0.39 is 0 Å². The van der Waals surface area contributed by atoms with Gasteiger partial charge in [0.05, 0.1) is 6.20 Å². The number of halogens is 1. The lowest BCUT2D eigenvalue weighted by Gasteiger charge is -2.31. The molecule has 2 rings (SSSR count). The first-order valence-electron chi connectivity index (χ1n) is 5.48. The first kappa shape index (κ1) is 10.6. The van der Waals surface area contributed by atoms with Crippen molar-refractivity contribution < 1.29 is 4.39 Å². The zero-order chi connectivity index (χ0) is 10.9. The number of nitrogens with zero attached hydrogens (tertiary/aromatic N) is 1. The number of rotatable bonds is 2. The Hall–Kier alpha value is -0.960. The van der Waals surface area contributed by atoms with E-state index in [2.05, 4.69) is 11.9 Å². The van der Waals surface area contributed by atoms with Gasteiger partial charge in [-0.15, -0.1) is 0 Å². The molecule has 1 aliphatic carbocycles. The smallest absolute Gasteiger partial charge is 0.146 e. The van der Waals surface area contributed by atoms with E-state index in [1.165, 1.54) is 19.0 Å². The summed E-state index contributed by atoms with van der Waals surface area (Å²) in [6.45, 7) is 2.16. The maximum Gasteiger partial charge on any atom is 0.146 e. The molecule has 0 radical (unpaired) electrons. The molecule has 1 aromatic heterocycles. The van der Waals surface area contributed by atoms with Crippen molar-refractivity contribution in [3.8, 4) is 0 Å². The van der Waals surface area contributed by atoms with Gasteiger partial charge < -0.3 is 5.73 Å². The third kappa shape index (κ3) is 1.88. The molecule has 3 heteroatoms. The van der Waals surface area contributed by atoms with Gasteiger partial charge in [0.25, 0.3) is 0 Å². The standard InChI is InChI=1S/C12H17FN2/c1-12(5-2-3-6-12)11(14)9-4-7-15-8-10(9)13/h4,7-8,11H,2-3,5-6,14H2,1H3. The largest absolute Gasteiger partial charge is 0.323 e. The van der Waals surface area contributed by atoms with E-state index in [0.29, 0.717) is 5.56 Å². The van der Waals surface area contributed by atoms with Crippen molar-refractivity contribution in [3.63, 3.8) is 0 Å². The minimum absolute atomic E-state index is 0.0577. The molecule has 1 heterocycles. The van der Waals surface area contributed by atoms with E-state index in [1.807, 2.05) is 0 Å². The van der Waals surface area contributed by atoms with Crippen LogP contribution < -0.4 is 5.73 Å². The number of hydrogen-bond donors (Lipinski definition) is 1. The average molecular weight is 208 g/mol. The molecule has 1 fully saturated rings. The van der Waals surface area contributed by atoms with Crippen LogP contribution in [0.1, 0.15) is 44.2 Å². The van der Waals surface area contributed by atoms with Gasteiger partial charge in [-0.1, -0.05) is 19.8 Å². The van der Waals surface area contributed by atoms with Gasteiger partial charge in [0.2, 0.25) is 0 Å². The molecule has 1 atom stereocenters. The molecular weight excluding hydrogens is 191 g/mol. The minimum Gasteiger partial charge on any atom is -0.323 e. The molecule has 1 aromatic rings. The molecule has 2 nitrogen and oxygen atoms in total. The monoisotopic (exact) mass is 208 g/mol. The molecule has 0 amide bonds. The highest BCUT2D eigenvalue weighted by Gasteiger charge is 2.36. The number of aromatic nitrogens is 1. The van der Waals surface area contributed by atoms with E-state index in [0.717, 1.165) is 12.8 Å². The van der Waals surface area contributed by atoms with E-state index in [4.69, 9.17) is 5.73 Å².